The van der Waals surface area contributed by atoms with Crippen LogP contribution in [-0.2, 0) is 15.0 Å². The molecule has 210 valence electrons. The van der Waals surface area contributed by atoms with Crippen LogP contribution >= 0.6 is 0 Å². The number of fused-ring (bicyclic) bond motifs is 6. The molecule has 3 aromatic rings. The summed E-state index contributed by atoms with van der Waals surface area (Å²) >= 11 is 0. The highest BCUT2D eigenvalue weighted by molar-refractivity contribution is 6.17. The molecule has 1 fully saturated rings. The SMILES string of the molecule is COc1ccc(OC)c(C(=O)[C@@H]2[C@H](C(=O)C(C)(C)C)N3c4ccc(C)cc4C=C[C@H]3[C@@]23C(=O)Nc2ccccc23)c1. The molecule has 1 N–H and O–H groups in total. The van der Waals surface area contributed by atoms with Crippen molar-refractivity contribution in [2.45, 2.75) is 45.2 Å². The van der Waals surface area contributed by atoms with Crippen molar-refractivity contribution in [1.29, 1.82) is 0 Å². The van der Waals surface area contributed by atoms with Gasteiger partial charge in [0.05, 0.1) is 31.7 Å². The molecule has 0 saturated carbocycles. The second-order valence-electron chi connectivity index (χ2n) is 12.1. The summed E-state index contributed by atoms with van der Waals surface area (Å²) in [6.45, 7) is 7.61. The number of amides is 1. The van der Waals surface area contributed by atoms with Crippen LogP contribution in [0.5, 0.6) is 11.5 Å². The highest BCUT2D eigenvalue weighted by Gasteiger charge is 2.71. The first-order valence-corrected chi connectivity index (χ1v) is 13.8. The van der Waals surface area contributed by atoms with Crippen molar-refractivity contribution in [3.8, 4) is 11.5 Å². The molecule has 4 atom stereocenters. The molecule has 0 radical (unpaired) electrons. The standard InChI is InChI=1S/C34H34N2O5/c1-19-11-14-25-20(17-19)12-16-27-34(23-9-7-8-10-24(23)35-32(34)39)28(29(36(25)27)31(38)33(2,3)4)30(37)22-18-21(40-5)13-15-26(22)41-6/h7-18,27-29H,1-6H3,(H,35,39)/t27-,28-,29+,34+/m0/s1. The number of ketones is 2. The average molecular weight is 551 g/mol. The maximum Gasteiger partial charge on any atom is 0.238 e. The Hall–Kier alpha value is -4.39. The van der Waals surface area contributed by atoms with Crippen molar-refractivity contribution in [2.24, 2.45) is 11.3 Å². The molecule has 1 spiro atoms. The number of carbonyl (C=O) groups excluding carboxylic acids is 3. The molecule has 3 aromatic carbocycles. The van der Waals surface area contributed by atoms with Gasteiger partial charge in [-0.3, -0.25) is 14.4 Å². The number of hydrogen-bond donors (Lipinski definition) is 1. The van der Waals surface area contributed by atoms with E-state index < -0.39 is 28.8 Å². The van der Waals surface area contributed by atoms with E-state index in [1.165, 1.54) is 14.2 Å². The number of nitrogens with one attached hydrogen (secondary N) is 1. The third-order valence-electron chi connectivity index (χ3n) is 8.75. The number of para-hydroxylation sites is 1. The summed E-state index contributed by atoms with van der Waals surface area (Å²) in [5, 5.41) is 3.06. The highest BCUT2D eigenvalue weighted by atomic mass is 16.5. The Bertz CT molecular complexity index is 1630. The fraction of sp³-hybridized carbons (Fsp3) is 0.324. The van der Waals surface area contributed by atoms with E-state index in [-0.39, 0.29) is 23.0 Å². The number of Topliss-reactive ketones (excluding diaryl/α,β-unsaturated/α-hetero) is 2. The predicted molar refractivity (Wildman–Crippen MR) is 159 cm³/mol. The van der Waals surface area contributed by atoms with Gasteiger partial charge >= 0.3 is 0 Å². The van der Waals surface area contributed by atoms with E-state index in [4.69, 9.17) is 9.47 Å². The van der Waals surface area contributed by atoms with Crippen molar-refractivity contribution < 1.29 is 23.9 Å². The Morgan fingerprint density at radius 1 is 0.976 bits per heavy atom. The lowest BCUT2D eigenvalue weighted by atomic mass is 9.63. The quantitative estimate of drug-likeness (QED) is 0.417. The third-order valence-corrected chi connectivity index (χ3v) is 8.75. The van der Waals surface area contributed by atoms with E-state index in [0.29, 0.717) is 22.7 Å². The van der Waals surface area contributed by atoms with Crippen LogP contribution in [-0.4, -0.2) is 43.8 Å². The predicted octanol–water partition coefficient (Wildman–Crippen LogP) is 5.60. The summed E-state index contributed by atoms with van der Waals surface area (Å²) in [5.74, 6) is -0.963. The van der Waals surface area contributed by atoms with Gasteiger partial charge in [0.1, 0.15) is 23.0 Å². The van der Waals surface area contributed by atoms with Gasteiger partial charge in [-0.25, -0.2) is 0 Å². The molecule has 3 heterocycles. The van der Waals surface area contributed by atoms with Crippen LogP contribution in [0.3, 0.4) is 0 Å². The van der Waals surface area contributed by atoms with E-state index >= 15 is 4.79 Å². The van der Waals surface area contributed by atoms with Gasteiger partial charge in [0.2, 0.25) is 5.91 Å². The Morgan fingerprint density at radius 3 is 2.44 bits per heavy atom. The molecule has 3 aliphatic heterocycles. The molecule has 0 aliphatic carbocycles. The van der Waals surface area contributed by atoms with Gasteiger partial charge in [0.15, 0.2) is 11.6 Å². The normalized spacial score (nSPS) is 24.0. The lowest BCUT2D eigenvalue weighted by Crippen LogP contribution is -2.51. The minimum atomic E-state index is -1.37. The second-order valence-corrected chi connectivity index (χ2v) is 12.1. The number of ether oxygens (including phenoxy) is 2. The fourth-order valence-electron chi connectivity index (χ4n) is 6.92. The van der Waals surface area contributed by atoms with E-state index in [1.807, 2.05) is 81.1 Å². The number of methoxy groups -OCH3 is 2. The van der Waals surface area contributed by atoms with Crippen LogP contribution in [0.1, 0.15) is 47.8 Å². The van der Waals surface area contributed by atoms with Crippen LogP contribution in [0.2, 0.25) is 0 Å². The number of aryl methyl sites for hydroxylation is 1. The van der Waals surface area contributed by atoms with Crippen molar-refractivity contribution in [1.82, 2.24) is 0 Å². The summed E-state index contributed by atoms with van der Waals surface area (Å²) in [6.07, 6.45) is 4.00. The Labute approximate surface area is 240 Å². The minimum absolute atomic E-state index is 0.112. The molecule has 7 nitrogen and oxygen atoms in total. The van der Waals surface area contributed by atoms with E-state index in [2.05, 4.69) is 11.4 Å². The molecule has 0 aromatic heterocycles. The largest absolute Gasteiger partial charge is 0.497 e. The van der Waals surface area contributed by atoms with Gasteiger partial charge in [-0.15, -0.1) is 0 Å². The molecule has 1 saturated heterocycles. The number of nitrogens with zero attached hydrogens (tertiary/aromatic N) is 1. The van der Waals surface area contributed by atoms with E-state index in [0.717, 1.165) is 16.8 Å². The topological polar surface area (TPSA) is 84.9 Å². The molecular formula is C34H34N2O5. The summed E-state index contributed by atoms with van der Waals surface area (Å²) in [4.78, 5) is 46.1. The van der Waals surface area contributed by atoms with Crippen LogP contribution in [0.25, 0.3) is 6.08 Å². The molecule has 3 aliphatic rings. The number of benzene rings is 3. The first kappa shape index (κ1) is 26.8. The third kappa shape index (κ3) is 3.75. The van der Waals surface area contributed by atoms with Gasteiger partial charge < -0.3 is 19.7 Å². The Kier molecular flexibility index (Phi) is 6.10. The molecule has 0 unspecified atom stereocenters. The van der Waals surface area contributed by atoms with Crippen molar-refractivity contribution in [3.63, 3.8) is 0 Å². The zero-order valence-corrected chi connectivity index (χ0v) is 24.1. The lowest BCUT2D eigenvalue weighted by molar-refractivity contribution is -0.128. The minimum Gasteiger partial charge on any atom is -0.497 e. The summed E-state index contributed by atoms with van der Waals surface area (Å²) in [6, 6.07) is 17.1. The first-order chi connectivity index (χ1) is 19.5. The van der Waals surface area contributed by atoms with Crippen molar-refractivity contribution >= 4 is 34.9 Å². The van der Waals surface area contributed by atoms with Gasteiger partial charge in [0, 0.05) is 16.8 Å². The van der Waals surface area contributed by atoms with Gasteiger partial charge in [-0.05, 0) is 54.4 Å². The fourth-order valence-corrected chi connectivity index (χ4v) is 6.92. The van der Waals surface area contributed by atoms with Gasteiger partial charge in [0.25, 0.3) is 0 Å². The molecule has 0 bridgehead atoms. The average Bonchev–Trinajstić information content (AvgIpc) is 3.43. The van der Waals surface area contributed by atoms with Crippen molar-refractivity contribution in [2.75, 3.05) is 24.4 Å². The molecule has 1 amide bonds. The van der Waals surface area contributed by atoms with Crippen LogP contribution in [0.4, 0.5) is 11.4 Å². The zero-order chi connectivity index (χ0) is 29.3. The first-order valence-electron chi connectivity index (χ1n) is 13.8. The molecule has 41 heavy (non-hydrogen) atoms. The number of rotatable bonds is 5. The molecule has 6 rings (SSSR count). The highest BCUT2D eigenvalue weighted by Crippen LogP contribution is 2.58. The smallest absolute Gasteiger partial charge is 0.238 e. The van der Waals surface area contributed by atoms with Crippen LogP contribution in [0.15, 0.2) is 66.7 Å². The van der Waals surface area contributed by atoms with Gasteiger partial charge in [-0.2, -0.15) is 0 Å². The Balaban J connectivity index is 1.70. The summed E-state index contributed by atoms with van der Waals surface area (Å²) in [5.41, 5.74) is 2.33. The van der Waals surface area contributed by atoms with Crippen LogP contribution in [0, 0.1) is 18.3 Å². The van der Waals surface area contributed by atoms with Crippen molar-refractivity contribution in [3.05, 3.63) is 89.0 Å². The molecular weight excluding hydrogens is 516 g/mol. The summed E-state index contributed by atoms with van der Waals surface area (Å²) in [7, 11) is 3.03. The number of carbonyl (C=O) groups is 3. The van der Waals surface area contributed by atoms with E-state index in [1.54, 1.807) is 18.2 Å². The molecule has 7 heteroatoms. The van der Waals surface area contributed by atoms with E-state index in [9.17, 15) is 9.59 Å². The lowest BCUT2D eigenvalue weighted by Gasteiger charge is -2.38. The maximum atomic E-state index is 15.0. The monoisotopic (exact) mass is 550 g/mol. The second kappa shape index (κ2) is 9.33. The van der Waals surface area contributed by atoms with Crippen LogP contribution < -0.4 is 19.7 Å². The Morgan fingerprint density at radius 2 is 1.73 bits per heavy atom. The van der Waals surface area contributed by atoms with Gasteiger partial charge in [-0.1, -0.05) is 62.8 Å². The number of anilines is 2. The number of hydrogen-bond acceptors (Lipinski definition) is 6. The summed E-state index contributed by atoms with van der Waals surface area (Å²) < 4.78 is 11.1. The maximum absolute atomic E-state index is 15.0. The zero-order valence-electron chi connectivity index (χ0n) is 24.1.